The summed E-state index contributed by atoms with van der Waals surface area (Å²) in [4.78, 5) is 26.0. The largest absolute Gasteiger partial charge is 0.497 e. The Labute approximate surface area is 237 Å². The van der Waals surface area contributed by atoms with Gasteiger partial charge in [-0.2, -0.15) is 4.31 Å². The minimum atomic E-state index is -3.96. The molecule has 11 nitrogen and oxygen atoms in total. The molecule has 2 aromatic carbocycles. The molecule has 12 heteroatoms. The van der Waals surface area contributed by atoms with Crippen LogP contribution in [-0.4, -0.2) is 70.0 Å². The van der Waals surface area contributed by atoms with Crippen molar-refractivity contribution in [3.8, 4) is 18.1 Å². The normalized spacial score (nSPS) is 17.0. The van der Waals surface area contributed by atoms with E-state index in [0.29, 0.717) is 22.3 Å². The summed E-state index contributed by atoms with van der Waals surface area (Å²) in [5, 5.41) is 12.4. The van der Waals surface area contributed by atoms with Crippen LogP contribution in [0.25, 0.3) is 11.0 Å². The lowest BCUT2D eigenvalue weighted by Crippen LogP contribution is -2.38. The van der Waals surface area contributed by atoms with E-state index >= 15 is 0 Å². The quantitative estimate of drug-likeness (QED) is 0.306. The molecule has 2 N–H and O–H groups in total. The monoisotopic (exact) mass is 582 g/mol. The molecule has 0 radical (unpaired) electrons. The lowest BCUT2D eigenvalue weighted by molar-refractivity contribution is -0.146. The van der Waals surface area contributed by atoms with Crippen molar-refractivity contribution in [3.05, 3.63) is 82.4 Å². The number of terminal acetylenes is 1. The van der Waals surface area contributed by atoms with Crippen LogP contribution in [0, 0.1) is 12.3 Å². The fraction of sp³-hybridized carbons (Fsp3) is 0.310. The average Bonchev–Trinajstić information content (AvgIpc) is 2.99. The Bertz CT molecular complexity index is 1610. The summed E-state index contributed by atoms with van der Waals surface area (Å²) in [5.41, 5.74) is 0.489. The highest BCUT2D eigenvalue weighted by atomic mass is 32.2. The number of aliphatic hydroxyl groups excluding tert-OH is 1. The van der Waals surface area contributed by atoms with Gasteiger partial charge in [0.15, 0.2) is 11.2 Å². The Morgan fingerprint density at radius 2 is 1.95 bits per heavy atom. The number of benzene rings is 2. The second kappa shape index (κ2) is 13.5. The van der Waals surface area contributed by atoms with Crippen LogP contribution in [0.3, 0.4) is 0 Å². The van der Waals surface area contributed by atoms with Crippen molar-refractivity contribution in [3.63, 3.8) is 0 Å². The van der Waals surface area contributed by atoms with E-state index in [0.717, 1.165) is 4.31 Å². The van der Waals surface area contributed by atoms with Gasteiger partial charge in [0.25, 0.3) is 5.91 Å². The van der Waals surface area contributed by atoms with Gasteiger partial charge in [0.1, 0.15) is 11.3 Å². The molecule has 2 atom stereocenters. The number of amides is 1. The van der Waals surface area contributed by atoms with Crippen LogP contribution in [-0.2, 0) is 24.3 Å². The van der Waals surface area contributed by atoms with Crippen molar-refractivity contribution < 1.29 is 36.9 Å². The van der Waals surface area contributed by atoms with Gasteiger partial charge in [-0.05, 0) is 42.5 Å². The molecule has 216 valence electrons. The first-order valence-corrected chi connectivity index (χ1v) is 14.2. The maximum atomic E-state index is 13.2. The van der Waals surface area contributed by atoms with Crippen molar-refractivity contribution >= 4 is 26.9 Å². The molecule has 0 bridgehead atoms. The van der Waals surface area contributed by atoms with Gasteiger partial charge in [-0.3, -0.25) is 9.59 Å². The predicted octanol–water partition coefficient (Wildman–Crippen LogP) is 1.96. The number of para-hydroxylation sites is 1. The highest BCUT2D eigenvalue weighted by Gasteiger charge is 2.31. The third kappa shape index (κ3) is 6.96. The number of carbonyl (C=O) groups is 1. The number of hydrogen-bond acceptors (Lipinski definition) is 9. The summed E-state index contributed by atoms with van der Waals surface area (Å²) in [5.74, 6) is 1.54. The van der Waals surface area contributed by atoms with Gasteiger partial charge < -0.3 is 29.1 Å². The highest BCUT2D eigenvalue weighted by molar-refractivity contribution is 7.89. The van der Waals surface area contributed by atoms with Gasteiger partial charge >= 0.3 is 0 Å². The van der Waals surface area contributed by atoms with Crippen LogP contribution in [0.2, 0.25) is 0 Å². The number of fused-ring (bicyclic) bond motifs is 1. The van der Waals surface area contributed by atoms with Crippen molar-refractivity contribution in [2.45, 2.75) is 23.5 Å². The van der Waals surface area contributed by atoms with E-state index in [1.165, 1.54) is 43.7 Å². The molecule has 1 aliphatic rings. The summed E-state index contributed by atoms with van der Waals surface area (Å²) in [6, 6.07) is 12.7. The number of allylic oxidation sites excluding steroid dienone is 1. The van der Waals surface area contributed by atoms with E-state index in [4.69, 9.17) is 25.1 Å². The summed E-state index contributed by atoms with van der Waals surface area (Å²) >= 11 is 0. The first-order chi connectivity index (χ1) is 19.8. The minimum Gasteiger partial charge on any atom is -0.497 e. The van der Waals surface area contributed by atoms with E-state index in [-0.39, 0.29) is 48.7 Å². The number of hydrogen-bond donors (Lipinski definition) is 2. The Morgan fingerprint density at radius 1 is 1.20 bits per heavy atom. The van der Waals surface area contributed by atoms with Gasteiger partial charge in [-0.1, -0.05) is 18.1 Å². The Morgan fingerprint density at radius 3 is 2.66 bits per heavy atom. The summed E-state index contributed by atoms with van der Waals surface area (Å²) in [6.07, 6.45) is 7.28. The van der Waals surface area contributed by atoms with Gasteiger partial charge in [0, 0.05) is 31.0 Å². The van der Waals surface area contributed by atoms with Crippen molar-refractivity contribution in [2.75, 3.05) is 40.0 Å². The zero-order valence-electron chi connectivity index (χ0n) is 22.3. The third-order valence-corrected chi connectivity index (χ3v) is 8.34. The van der Waals surface area contributed by atoms with E-state index in [2.05, 4.69) is 11.2 Å². The molecule has 0 unspecified atom stereocenters. The number of nitrogens with zero attached hydrogens (tertiary/aromatic N) is 1. The molecule has 0 spiro atoms. The summed E-state index contributed by atoms with van der Waals surface area (Å²) in [6.45, 7) is -0.841. The molecule has 41 heavy (non-hydrogen) atoms. The molecule has 0 aliphatic carbocycles. The highest BCUT2D eigenvalue weighted by Crippen LogP contribution is 2.31. The van der Waals surface area contributed by atoms with Crippen molar-refractivity contribution in [1.29, 1.82) is 0 Å². The predicted molar refractivity (Wildman–Crippen MR) is 149 cm³/mol. The van der Waals surface area contributed by atoms with Gasteiger partial charge in [0.05, 0.1) is 43.4 Å². The zero-order valence-corrected chi connectivity index (χ0v) is 23.1. The number of sulfonamides is 1. The number of nitrogens with one attached hydrogen (secondary N) is 1. The Hall–Kier alpha value is -4.15. The smallest absolute Gasteiger partial charge is 0.286 e. The fourth-order valence-electron chi connectivity index (χ4n) is 4.35. The molecular formula is C29H30N2O9S. The van der Waals surface area contributed by atoms with Gasteiger partial charge in [-0.15, -0.1) is 6.42 Å². The van der Waals surface area contributed by atoms with Crippen molar-refractivity contribution in [1.82, 2.24) is 9.62 Å². The molecule has 1 aromatic heterocycles. The fourth-order valence-corrected chi connectivity index (χ4v) is 5.76. The molecule has 1 aliphatic heterocycles. The van der Waals surface area contributed by atoms with Crippen LogP contribution in [0.4, 0.5) is 0 Å². The number of ether oxygens (including phenoxy) is 3. The van der Waals surface area contributed by atoms with E-state index in [1.54, 1.807) is 24.3 Å². The molecule has 0 fully saturated rings. The number of carbonyl (C=O) groups excluding carboxylic acids is 1. The topological polar surface area (TPSA) is 145 Å². The average molecular weight is 583 g/mol. The van der Waals surface area contributed by atoms with Crippen LogP contribution in [0.1, 0.15) is 17.9 Å². The van der Waals surface area contributed by atoms with Crippen LogP contribution in [0.5, 0.6) is 5.75 Å². The lowest BCUT2D eigenvalue weighted by atomic mass is 9.93. The number of rotatable bonds is 12. The molecule has 4 rings (SSSR count). The van der Waals surface area contributed by atoms with Crippen molar-refractivity contribution in [2.24, 2.45) is 0 Å². The van der Waals surface area contributed by atoms with E-state index in [9.17, 15) is 23.1 Å². The Kier molecular flexibility index (Phi) is 9.80. The van der Waals surface area contributed by atoms with Gasteiger partial charge in [0.2, 0.25) is 16.3 Å². The van der Waals surface area contributed by atoms with E-state index < -0.39 is 34.7 Å². The van der Waals surface area contributed by atoms with Crippen LogP contribution in [0.15, 0.2) is 80.7 Å². The number of methoxy groups -OCH3 is 1. The third-order valence-electron chi connectivity index (χ3n) is 6.43. The molecule has 3 aromatic rings. The second-order valence-electron chi connectivity index (χ2n) is 9.00. The number of aliphatic hydroxyl groups is 1. The molecule has 0 saturated carbocycles. The molecule has 2 heterocycles. The maximum absolute atomic E-state index is 13.2. The molecule has 1 amide bonds. The first-order valence-electron chi connectivity index (χ1n) is 12.8. The van der Waals surface area contributed by atoms with Crippen LogP contribution < -0.4 is 15.5 Å². The summed E-state index contributed by atoms with van der Waals surface area (Å²) in [7, 11) is -2.48. The van der Waals surface area contributed by atoms with Gasteiger partial charge in [-0.25, -0.2) is 8.42 Å². The zero-order chi connectivity index (χ0) is 29.4. The SMILES string of the molecule is C#CCNC(=O)C1=C[C@@H](c2coc3ccccc3c2=O)C[C@@H](OCCN(CCO)S(=O)(=O)c2ccc(OC)cc2)O1. The summed E-state index contributed by atoms with van der Waals surface area (Å²) < 4.78 is 49.8. The molecule has 0 saturated heterocycles. The minimum absolute atomic E-state index is 0.0270. The van der Waals surface area contributed by atoms with E-state index in [1.807, 2.05) is 0 Å². The lowest BCUT2D eigenvalue weighted by Gasteiger charge is -2.29. The molecular weight excluding hydrogens is 552 g/mol. The maximum Gasteiger partial charge on any atom is 0.286 e. The Balaban J connectivity index is 1.52. The van der Waals surface area contributed by atoms with Crippen LogP contribution >= 0.6 is 0 Å². The first kappa shape index (κ1) is 29.8. The standard InChI is InChI=1S/C29H30N2O9S/c1-3-12-30-29(34)26-17-20(24-19-39-25-7-5-4-6-23(25)28(24)33)18-27(40-26)38-16-14-31(13-15-32)41(35,36)22-10-8-21(37-2)9-11-22/h1,4-11,17,19-20,27,32H,12-16,18H2,2H3,(H,30,34)/t20-,27+/m1/s1. The second-order valence-corrected chi connectivity index (χ2v) is 10.9.